The lowest BCUT2D eigenvalue weighted by molar-refractivity contribution is 0.0877. The molecule has 0 radical (unpaired) electrons. The first kappa shape index (κ1) is 16.1. The Kier molecular flexibility index (Phi) is 5.88. The van der Waals surface area contributed by atoms with Gasteiger partial charge in [0.2, 0.25) is 0 Å². The van der Waals surface area contributed by atoms with Crippen LogP contribution in [0.4, 0.5) is 0 Å². The highest BCUT2D eigenvalue weighted by molar-refractivity contribution is 5.48. The molecule has 1 fully saturated rings. The second-order valence-electron chi connectivity index (χ2n) is 5.97. The smallest absolute Gasteiger partial charge is 0.166 e. The molecule has 0 aromatic heterocycles. The van der Waals surface area contributed by atoms with Crippen LogP contribution in [-0.2, 0) is 4.74 Å². The van der Waals surface area contributed by atoms with Crippen LogP contribution < -0.4 is 14.8 Å². The highest BCUT2D eigenvalue weighted by Gasteiger charge is 2.32. The fraction of sp³-hybridized carbons (Fsp3) is 0.647. The van der Waals surface area contributed by atoms with Gasteiger partial charge in [0.15, 0.2) is 11.5 Å². The summed E-state index contributed by atoms with van der Waals surface area (Å²) < 4.78 is 16.9. The SMILES string of the molecule is COc1cccc(C2OCCC2CNCC(C)C)c1OC. The standard InChI is InChI=1S/C17H27NO3/c1-12(2)10-18-11-13-8-9-21-16(13)14-6-5-7-15(19-3)17(14)20-4/h5-7,12-13,16,18H,8-11H2,1-4H3. The van der Waals surface area contributed by atoms with Crippen molar-refractivity contribution in [3.05, 3.63) is 23.8 Å². The summed E-state index contributed by atoms with van der Waals surface area (Å²) in [6.45, 7) is 7.27. The Morgan fingerprint density at radius 1 is 1.29 bits per heavy atom. The van der Waals surface area contributed by atoms with E-state index in [1.807, 2.05) is 12.1 Å². The van der Waals surface area contributed by atoms with E-state index in [0.717, 1.165) is 43.2 Å². The number of ether oxygens (including phenoxy) is 3. The molecule has 1 heterocycles. The Morgan fingerprint density at radius 3 is 2.76 bits per heavy atom. The maximum absolute atomic E-state index is 5.98. The molecule has 1 saturated heterocycles. The van der Waals surface area contributed by atoms with Gasteiger partial charge in [0.1, 0.15) is 0 Å². The number of hydrogen-bond acceptors (Lipinski definition) is 4. The lowest BCUT2D eigenvalue weighted by Gasteiger charge is -2.22. The summed E-state index contributed by atoms with van der Waals surface area (Å²) in [7, 11) is 3.35. The largest absolute Gasteiger partial charge is 0.493 e. The van der Waals surface area contributed by atoms with Gasteiger partial charge in [-0.3, -0.25) is 0 Å². The minimum atomic E-state index is 0.0784. The van der Waals surface area contributed by atoms with E-state index in [1.165, 1.54) is 0 Å². The van der Waals surface area contributed by atoms with Crippen LogP contribution in [-0.4, -0.2) is 33.9 Å². The molecule has 1 aromatic rings. The first-order chi connectivity index (χ1) is 10.2. The maximum atomic E-state index is 5.98. The van der Waals surface area contributed by atoms with Crippen LogP contribution in [0.2, 0.25) is 0 Å². The van der Waals surface area contributed by atoms with E-state index >= 15 is 0 Å². The lowest BCUT2D eigenvalue weighted by atomic mass is 9.94. The number of nitrogens with one attached hydrogen (secondary N) is 1. The highest BCUT2D eigenvalue weighted by atomic mass is 16.5. The molecule has 1 aliphatic rings. The van der Waals surface area contributed by atoms with Gasteiger partial charge in [0.05, 0.1) is 20.3 Å². The molecule has 118 valence electrons. The zero-order chi connectivity index (χ0) is 15.2. The van der Waals surface area contributed by atoms with Crippen LogP contribution in [0.5, 0.6) is 11.5 Å². The molecule has 4 heteroatoms. The van der Waals surface area contributed by atoms with Crippen molar-refractivity contribution >= 4 is 0 Å². The first-order valence-electron chi connectivity index (χ1n) is 7.70. The van der Waals surface area contributed by atoms with Crippen molar-refractivity contribution in [1.82, 2.24) is 5.32 Å². The molecule has 1 aromatic carbocycles. The Morgan fingerprint density at radius 2 is 2.10 bits per heavy atom. The second-order valence-corrected chi connectivity index (χ2v) is 5.97. The molecule has 1 N–H and O–H groups in total. The Labute approximate surface area is 127 Å². The van der Waals surface area contributed by atoms with Gasteiger partial charge in [-0.25, -0.2) is 0 Å². The third-order valence-corrected chi connectivity index (χ3v) is 3.91. The summed E-state index contributed by atoms with van der Waals surface area (Å²) in [6.07, 6.45) is 1.16. The Hall–Kier alpha value is -1.26. The number of hydrogen-bond donors (Lipinski definition) is 1. The molecule has 2 rings (SSSR count). The van der Waals surface area contributed by atoms with E-state index in [2.05, 4.69) is 25.2 Å². The normalized spacial score (nSPS) is 21.8. The molecule has 1 aliphatic heterocycles. The molecule has 0 bridgehead atoms. The number of benzene rings is 1. The maximum Gasteiger partial charge on any atom is 0.166 e. The number of para-hydroxylation sites is 1. The van der Waals surface area contributed by atoms with Gasteiger partial charge in [-0.2, -0.15) is 0 Å². The average molecular weight is 293 g/mol. The highest BCUT2D eigenvalue weighted by Crippen LogP contribution is 2.42. The van der Waals surface area contributed by atoms with Crippen LogP contribution >= 0.6 is 0 Å². The van der Waals surface area contributed by atoms with Crippen LogP contribution in [0, 0.1) is 11.8 Å². The zero-order valence-electron chi connectivity index (χ0n) is 13.5. The van der Waals surface area contributed by atoms with Gasteiger partial charge >= 0.3 is 0 Å². The van der Waals surface area contributed by atoms with Gasteiger partial charge in [-0.05, 0) is 24.9 Å². The van der Waals surface area contributed by atoms with Crippen LogP contribution in [0.3, 0.4) is 0 Å². The van der Waals surface area contributed by atoms with Crippen molar-refractivity contribution in [2.75, 3.05) is 33.9 Å². The molecule has 0 aliphatic carbocycles. The van der Waals surface area contributed by atoms with Crippen LogP contribution in [0.15, 0.2) is 18.2 Å². The number of methoxy groups -OCH3 is 2. The third-order valence-electron chi connectivity index (χ3n) is 3.91. The summed E-state index contributed by atoms with van der Waals surface area (Å²) >= 11 is 0. The van der Waals surface area contributed by atoms with Crippen LogP contribution in [0.1, 0.15) is 31.9 Å². The van der Waals surface area contributed by atoms with Gasteiger partial charge in [-0.1, -0.05) is 26.0 Å². The molecular weight excluding hydrogens is 266 g/mol. The first-order valence-corrected chi connectivity index (χ1v) is 7.70. The van der Waals surface area contributed by atoms with Gasteiger partial charge < -0.3 is 19.5 Å². The summed E-state index contributed by atoms with van der Waals surface area (Å²) in [5.41, 5.74) is 1.09. The molecule has 0 saturated carbocycles. The number of rotatable bonds is 7. The second kappa shape index (κ2) is 7.66. The zero-order valence-corrected chi connectivity index (χ0v) is 13.5. The monoisotopic (exact) mass is 293 g/mol. The molecule has 2 unspecified atom stereocenters. The van der Waals surface area contributed by atoms with Crippen LogP contribution in [0.25, 0.3) is 0 Å². The third kappa shape index (κ3) is 3.89. The van der Waals surface area contributed by atoms with Crippen molar-refractivity contribution in [3.63, 3.8) is 0 Å². The summed E-state index contributed by atoms with van der Waals surface area (Å²) in [6, 6.07) is 5.99. The fourth-order valence-electron chi connectivity index (χ4n) is 2.88. The van der Waals surface area contributed by atoms with Crippen molar-refractivity contribution in [2.45, 2.75) is 26.4 Å². The minimum absolute atomic E-state index is 0.0784. The van der Waals surface area contributed by atoms with Crippen molar-refractivity contribution < 1.29 is 14.2 Å². The van der Waals surface area contributed by atoms with E-state index in [4.69, 9.17) is 14.2 Å². The summed E-state index contributed by atoms with van der Waals surface area (Å²) in [4.78, 5) is 0. The minimum Gasteiger partial charge on any atom is -0.493 e. The van der Waals surface area contributed by atoms with E-state index in [9.17, 15) is 0 Å². The van der Waals surface area contributed by atoms with Gasteiger partial charge in [-0.15, -0.1) is 0 Å². The van der Waals surface area contributed by atoms with Gasteiger partial charge in [0, 0.05) is 24.6 Å². The molecule has 21 heavy (non-hydrogen) atoms. The van der Waals surface area contributed by atoms with Crippen molar-refractivity contribution in [2.24, 2.45) is 11.8 Å². The predicted molar refractivity (Wildman–Crippen MR) is 84.1 cm³/mol. The van der Waals surface area contributed by atoms with E-state index < -0.39 is 0 Å². The average Bonchev–Trinajstić information content (AvgIpc) is 2.94. The topological polar surface area (TPSA) is 39.7 Å². The molecule has 0 spiro atoms. The molecular formula is C17H27NO3. The summed E-state index contributed by atoms with van der Waals surface area (Å²) in [5.74, 6) is 2.70. The van der Waals surface area contributed by atoms with E-state index in [-0.39, 0.29) is 6.10 Å². The Balaban J connectivity index is 2.12. The van der Waals surface area contributed by atoms with E-state index in [1.54, 1.807) is 14.2 Å². The Bertz CT molecular complexity index is 448. The van der Waals surface area contributed by atoms with Gasteiger partial charge in [0.25, 0.3) is 0 Å². The quantitative estimate of drug-likeness (QED) is 0.839. The predicted octanol–water partition coefficient (Wildman–Crippen LogP) is 3.03. The van der Waals surface area contributed by atoms with E-state index in [0.29, 0.717) is 11.8 Å². The van der Waals surface area contributed by atoms with Crippen molar-refractivity contribution in [1.29, 1.82) is 0 Å². The fourth-order valence-corrected chi connectivity index (χ4v) is 2.88. The van der Waals surface area contributed by atoms with Crippen molar-refractivity contribution in [3.8, 4) is 11.5 Å². The molecule has 2 atom stereocenters. The molecule has 0 amide bonds. The summed E-state index contributed by atoms with van der Waals surface area (Å²) in [5, 5.41) is 3.54. The lowest BCUT2D eigenvalue weighted by Crippen LogP contribution is -2.28. The molecule has 4 nitrogen and oxygen atoms in total.